The molecule has 5 nitrogen and oxygen atoms in total. The monoisotopic (exact) mass is 374 g/mol. The van der Waals surface area contributed by atoms with Gasteiger partial charge in [-0.3, -0.25) is 4.79 Å². The van der Waals surface area contributed by atoms with E-state index in [1.807, 2.05) is 0 Å². The zero-order valence-corrected chi connectivity index (χ0v) is 17.0. The van der Waals surface area contributed by atoms with Gasteiger partial charge in [-0.05, 0) is 55.8 Å². The Balaban J connectivity index is 1.27. The molecule has 0 aromatic carbocycles. The highest BCUT2D eigenvalue weighted by Gasteiger charge is 2.50. The average molecular weight is 375 g/mol. The predicted molar refractivity (Wildman–Crippen MR) is 102 cm³/mol. The van der Waals surface area contributed by atoms with E-state index in [1.54, 1.807) is 11.8 Å². The smallest absolute Gasteiger partial charge is 0.233 e. The zero-order valence-electron chi connectivity index (χ0n) is 16.2. The van der Waals surface area contributed by atoms with Crippen molar-refractivity contribution in [2.24, 2.45) is 10.8 Å². The maximum atomic E-state index is 13.0. The molecule has 1 amide bonds. The molecule has 0 radical (unpaired) electrons. The van der Waals surface area contributed by atoms with E-state index in [-0.39, 0.29) is 0 Å². The third-order valence-electron chi connectivity index (χ3n) is 6.61. The van der Waals surface area contributed by atoms with E-state index in [0.29, 0.717) is 40.5 Å². The van der Waals surface area contributed by atoms with E-state index in [0.717, 1.165) is 18.1 Å². The lowest BCUT2D eigenvalue weighted by atomic mass is 9.65. The minimum Gasteiger partial charge on any atom is -0.338 e. The van der Waals surface area contributed by atoms with Gasteiger partial charge in [0.15, 0.2) is 5.16 Å². The van der Waals surface area contributed by atoms with Crippen molar-refractivity contribution >= 4 is 17.7 Å². The first-order valence-electron chi connectivity index (χ1n) is 10.2. The van der Waals surface area contributed by atoms with Gasteiger partial charge in [-0.1, -0.05) is 32.5 Å². The van der Waals surface area contributed by atoms with Gasteiger partial charge in [0.05, 0.1) is 5.75 Å². The largest absolute Gasteiger partial charge is 0.338 e. The van der Waals surface area contributed by atoms with Crippen LogP contribution < -0.4 is 0 Å². The molecular formula is C20H30N4OS. The fourth-order valence-electron chi connectivity index (χ4n) is 5.64. The summed E-state index contributed by atoms with van der Waals surface area (Å²) < 4.78 is 2.35. The van der Waals surface area contributed by atoms with E-state index in [1.165, 1.54) is 44.3 Å². The van der Waals surface area contributed by atoms with Gasteiger partial charge in [-0.15, -0.1) is 10.2 Å². The summed E-state index contributed by atoms with van der Waals surface area (Å²) in [5, 5.41) is 9.88. The van der Waals surface area contributed by atoms with Gasteiger partial charge in [0.1, 0.15) is 5.82 Å². The Hall–Kier alpha value is -1.04. The predicted octanol–water partition coefficient (Wildman–Crippen LogP) is 4.01. The summed E-state index contributed by atoms with van der Waals surface area (Å²) in [6.07, 6.45) is 8.52. The maximum absolute atomic E-state index is 13.0. The lowest BCUT2D eigenvalue weighted by Gasteiger charge is -2.39. The molecule has 5 rings (SSSR count). The van der Waals surface area contributed by atoms with Crippen LogP contribution in [0.4, 0.5) is 0 Å². The molecule has 1 saturated heterocycles. The van der Waals surface area contributed by atoms with Crippen molar-refractivity contribution in [1.29, 1.82) is 0 Å². The number of aromatic nitrogens is 3. The number of fused-ring (bicyclic) bond motifs is 2. The molecule has 2 heterocycles. The molecule has 0 spiro atoms. The first kappa shape index (κ1) is 17.1. The van der Waals surface area contributed by atoms with E-state index in [2.05, 4.69) is 40.4 Å². The number of hydrogen-bond donors (Lipinski definition) is 0. The molecule has 2 atom stereocenters. The first-order valence-corrected chi connectivity index (χ1v) is 11.2. The number of carbonyl (C=O) groups is 1. The summed E-state index contributed by atoms with van der Waals surface area (Å²) in [7, 11) is 0. The van der Waals surface area contributed by atoms with Crippen LogP contribution in [0, 0.1) is 10.8 Å². The topological polar surface area (TPSA) is 51.0 Å². The van der Waals surface area contributed by atoms with Crippen LogP contribution in [0.15, 0.2) is 5.16 Å². The Bertz CT molecular complexity index is 736. The van der Waals surface area contributed by atoms with E-state index >= 15 is 0 Å². The van der Waals surface area contributed by atoms with Gasteiger partial charge in [0.25, 0.3) is 0 Å². The van der Waals surface area contributed by atoms with E-state index in [4.69, 9.17) is 0 Å². The van der Waals surface area contributed by atoms with Gasteiger partial charge in [-0.2, -0.15) is 0 Å². The summed E-state index contributed by atoms with van der Waals surface area (Å²) >= 11 is 1.61. The molecule has 142 valence electrons. The molecule has 1 aliphatic heterocycles. The summed E-state index contributed by atoms with van der Waals surface area (Å²) in [5.41, 5.74) is 0.658. The van der Waals surface area contributed by atoms with Crippen LogP contribution in [0.25, 0.3) is 0 Å². The molecular weight excluding hydrogens is 344 g/mol. The van der Waals surface area contributed by atoms with Gasteiger partial charge in [0, 0.05) is 24.5 Å². The number of likely N-dealkylation sites (tertiary alicyclic amines) is 1. The molecule has 1 aromatic heterocycles. The van der Waals surface area contributed by atoms with Crippen LogP contribution in [0.2, 0.25) is 0 Å². The normalized spacial score (nSPS) is 32.9. The van der Waals surface area contributed by atoms with Crippen LogP contribution >= 0.6 is 11.8 Å². The highest BCUT2D eigenvalue weighted by molar-refractivity contribution is 7.99. The van der Waals surface area contributed by atoms with Crippen molar-refractivity contribution in [3.63, 3.8) is 0 Å². The molecule has 0 unspecified atom stereocenters. The standard InChI is InChI=1S/C20H30N4OS/c1-19(2)8-15-9-20(3,11-19)12-23(15)16(25)10-26-18-22-21-17(13-4-5-13)24(18)14-6-7-14/h13-15H,4-12H2,1-3H3/t15-,20-/m0/s1. The Morgan fingerprint density at radius 3 is 2.58 bits per heavy atom. The lowest BCUT2D eigenvalue weighted by Crippen LogP contribution is -2.38. The zero-order chi connectivity index (χ0) is 18.1. The fraction of sp³-hybridized carbons (Fsp3) is 0.850. The van der Waals surface area contributed by atoms with Gasteiger partial charge >= 0.3 is 0 Å². The minimum absolute atomic E-state index is 0.291. The third-order valence-corrected chi connectivity index (χ3v) is 7.53. The van der Waals surface area contributed by atoms with Crippen LogP contribution in [-0.4, -0.2) is 43.9 Å². The minimum atomic E-state index is 0.291. The average Bonchev–Trinajstić information content (AvgIpc) is 3.47. The van der Waals surface area contributed by atoms with Crippen LogP contribution in [-0.2, 0) is 4.79 Å². The number of thioether (sulfide) groups is 1. The van der Waals surface area contributed by atoms with Crippen molar-refractivity contribution in [3.05, 3.63) is 5.82 Å². The number of carbonyl (C=O) groups excluding carboxylic acids is 1. The molecule has 26 heavy (non-hydrogen) atoms. The number of hydrogen-bond acceptors (Lipinski definition) is 4. The van der Waals surface area contributed by atoms with Gasteiger partial charge in [-0.25, -0.2) is 0 Å². The Morgan fingerprint density at radius 2 is 1.88 bits per heavy atom. The number of amides is 1. The van der Waals surface area contributed by atoms with Crippen molar-refractivity contribution in [1.82, 2.24) is 19.7 Å². The SMILES string of the molecule is CC1(C)C[C@H]2C[C@](C)(CN2C(=O)CSc2nnc(C3CC3)n2C2CC2)C1. The van der Waals surface area contributed by atoms with E-state index in [9.17, 15) is 4.79 Å². The van der Waals surface area contributed by atoms with Crippen molar-refractivity contribution in [2.45, 2.75) is 88.9 Å². The summed E-state index contributed by atoms with van der Waals surface area (Å²) in [5.74, 6) is 2.59. The summed E-state index contributed by atoms with van der Waals surface area (Å²) in [6.45, 7) is 8.02. The van der Waals surface area contributed by atoms with Crippen LogP contribution in [0.5, 0.6) is 0 Å². The molecule has 6 heteroatoms. The highest BCUT2D eigenvalue weighted by atomic mass is 32.2. The summed E-state index contributed by atoms with van der Waals surface area (Å²) in [6, 6.07) is 1.02. The van der Waals surface area contributed by atoms with Crippen LogP contribution in [0.1, 0.15) is 83.5 Å². The Labute approximate surface area is 160 Å². The van der Waals surface area contributed by atoms with E-state index < -0.39 is 0 Å². The second kappa shape index (κ2) is 5.73. The third kappa shape index (κ3) is 3.08. The molecule has 4 fully saturated rings. The Morgan fingerprint density at radius 1 is 1.12 bits per heavy atom. The lowest BCUT2D eigenvalue weighted by molar-refractivity contribution is -0.129. The molecule has 4 aliphatic rings. The maximum Gasteiger partial charge on any atom is 0.233 e. The van der Waals surface area contributed by atoms with Crippen molar-refractivity contribution < 1.29 is 4.79 Å². The fourth-order valence-corrected chi connectivity index (χ4v) is 6.54. The quantitative estimate of drug-likeness (QED) is 0.731. The molecule has 0 N–H and O–H groups in total. The highest BCUT2D eigenvalue weighted by Crippen LogP contribution is 2.52. The number of rotatable bonds is 5. The first-order chi connectivity index (χ1) is 12.3. The van der Waals surface area contributed by atoms with Crippen molar-refractivity contribution in [2.75, 3.05) is 12.3 Å². The molecule has 1 aromatic rings. The van der Waals surface area contributed by atoms with Gasteiger partial charge < -0.3 is 9.47 Å². The van der Waals surface area contributed by atoms with Crippen molar-refractivity contribution in [3.8, 4) is 0 Å². The Kier molecular flexibility index (Phi) is 3.76. The molecule has 3 aliphatic carbocycles. The second-order valence-electron chi connectivity index (χ2n) is 10.2. The van der Waals surface area contributed by atoms with Crippen LogP contribution in [0.3, 0.4) is 0 Å². The molecule has 2 bridgehead atoms. The summed E-state index contributed by atoms with van der Waals surface area (Å²) in [4.78, 5) is 15.2. The second-order valence-corrected chi connectivity index (χ2v) is 11.2. The van der Waals surface area contributed by atoms with Gasteiger partial charge in [0.2, 0.25) is 5.91 Å². The molecule has 3 saturated carbocycles. The number of nitrogens with zero attached hydrogens (tertiary/aromatic N) is 4.